The summed E-state index contributed by atoms with van der Waals surface area (Å²) < 4.78 is 9.10. The molecule has 0 saturated carbocycles. The van der Waals surface area contributed by atoms with E-state index in [1.165, 1.54) is 38.5 Å². The van der Waals surface area contributed by atoms with Crippen LogP contribution in [-0.4, -0.2) is 59.0 Å². The first-order valence-electron chi connectivity index (χ1n) is 8.71. The standard InChI is InChI=1S/2C10H9NO4/c2*1-15-10(14)7-2-5-3-8(12)9(13)4-6(5)11-7/h3-4,7,11H,2H2,1H3;2-4,11-13H,1H3/t7-;/m0./s1. The molecule has 0 spiro atoms. The van der Waals surface area contributed by atoms with Crippen LogP contribution in [0.25, 0.3) is 10.9 Å². The quantitative estimate of drug-likeness (QED) is 0.242. The highest BCUT2D eigenvalue weighted by atomic mass is 16.5. The zero-order valence-electron chi connectivity index (χ0n) is 16.0. The van der Waals surface area contributed by atoms with Gasteiger partial charge in [0.15, 0.2) is 11.5 Å². The molecule has 1 aliphatic carbocycles. The number of phenolic OH excluding ortho intramolecular Hbond substituents is 2. The van der Waals surface area contributed by atoms with Crippen LogP contribution in [0.5, 0.6) is 11.5 Å². The van der Waals surface area contributed by atoms with E-state index in [2.05, 4.69) is 19.8 Å². The van der Waals surface area contributed by atoms with Crippen LogP contribution < -0.4 is 5.32 Å². The molecule has 0 unspecified atom stereocenters. The molecule has 1 aromatic carbocycles. The first-order valence-corrected chi connectivity index (χ1v) is 8.71. The van der Waals surface area contributed by atoms with Gasteiger partial charge in [0.25, 0.3) is 0 Å². The van der Waals surface area contributed by atoms with Crippen molar-refractivity contribution < 1.29 is 38.9 Å². The maximum Gasteiger partial charge on any atom is 0.354 e. The minimum absolute atomic E-state index is 0.224. The van der Waals surface area contributed by atoms with Gasteiger partial charge in [-0.3, -0.25) is 9.59 Å². The summed E-state index contributed by atoms with van der Waals surface area (Å²) in [6.07, 6.45) is 2.88. The molecule has 10 heteroatoms. The normalized spacial score (nSPS) is 17.2. The Labute approximate surface area is 169 Å². The summed E-state index contributed by atoms with van der Waals surface area (Å²) in [5.74, 6) is -2.46. The fourth-order valence-corrected chi connectivity index (χ4v) is 3.03. The zero-order valence-corrected chi connectivity index (χ0v) is 16.0. The first kappa shape index (κ1) is 20.6. The Balaban J connectivity index is 0.000000171. The van der Waals surface area contributed by atoms with Crippen LogP contribution >= 0.6 is 0 Å². The number of ether oxygens (including phenoxy) is 2. The van der Waals surface area contributed by atoms with Crippen molar-refractivity contribution in [2.24, 2.45) is 0 Å². The Kier molecular flexibility index (Phi) is 5.58. The maximum atomic E-state index is 11.2. The maximum absolute atomic E-state index is 11.2. The molecule has 4 rings (SSSR count). The lowest BCUT2D eigenvalue weighted by Gasteiger charge is -2.07. The number of H-pyrrole nitrogens is 1. The largest absolute Gasteiger partial charge is 0.504 e. The number of aromatic hydroxyl groups is 2. The van der Waals surface area contributed by atoms with Gasteiger partial charge in [0, 0.05) is 29.6 Å². The molecule has 1 aliphatic heterocycles. The van der Waals surface area contributed by atoms with Gasteiger partial charge in [-0.15, -0.1) is 0 Å². The second kappa shape index (κ2) is 8.11. The van der Waals surface area contributed by atoms with Crippen LogP contribution in [0.2, 0.25) is 0 Å². The summed E-state index contributed by atoms with van der Waals surface area (Å²) in [7, 11) is 2.58. The Hall–Kier alpha value is -4.08. The monoisotopic (exact) mass is 414 g/mol. The van der Waals surface area contributed by atoms with E-state index in [4.69, 9.17) is 0 Å². The number of rotatable bonds is 2. The summed E-state index contributed by atoms with van der Waals surface area (Å²) in [4.78, 5) is 47.3. The smallest absolute Gasteiger partial charge is 0.354 e. The van der Waals surface area contributed by atoms with Gasteiger partial charge in [0.05, 0.1) is 19.7 Å². The molecule has 1 atom stereocenters. The van der Waals surface area contributed by atoms with Gasteiger partial charge in [-0.25, -0.2) is 9.59 Å². The number of aromatic amines is 1. The minimum atomic E-state index is -0.563. The number of ketones is 2. The molecular formula is C20H18N2O8. The molecule has 4 N–H and O–H groups in total. The number of nitrogens with one attached hydrogen (secondary N) is 2. The van der Waals surface area contributed by atoms with Gasteiger partial charge in [0.1, 0.15) is 11.7 Å². The Morgan fingerprint density at radius 3 is 2.33 bits per heavy atom. The van der Waals surface area contributed by atoms with E-state index in [-0.39, 0.29) is 17.2 Å². The van der Waals surface area contributed by atoms with E-state index < -0.39 is 29.5 Å². The van der Waals surface area contributed by atoms with Crippen molar-refractivity contribution >= 4 is 34.4 Å². The second-order valence-electron chi connectivity index (χ2n) is 6.48. The third-order valence-electron chi connectivity index (χ3n) is 4.53. The van der Waals surface area contributed by atoms with Crippen LogP contribution in [0, 0.1) is 0 Å². The average Bonchev–Trinajstić information content (AvgIpc) is 3.31. The Morgan fingerprint density at radius 1 is 1.00 bits per heavy atom. The summed E-state index contributed by atoms with van der Waals surface area (Å²) in [6.45, 7) is 0. The van der Waals surface area contributed by atoms with E-state index in [0.717, 1.165) is 0 Å². The van der Waals surface area contributed by atoms with E-state index in [1.807, 2.05) is 0 Å². The molecule has 156 valence electrons. The predicted molar refractivity (Wildman–Crippen MR) is 103 cm³/mol. The topological polar surface area (TPSA) is 155 Å². The number of benzene rings is 1. The number of esters is 2. The molecule has 1 fully saturated rings. The molecule has 2 aliphatic rings. The fourth-order valence-electron chi connectivity index (χ4n) is 3.03. The number of carbonyl (C=O) groups is 4. The molecule has 0 amide bonds. The van der Waals surface area contributed by atoms with Crippen LogP contribution in [0.3, 0.4) is 0 Å². The van der Waals surface area contributed by atoms with Crippen molar-refractivity contribution in [3.8, 4) is 11.5 Å². The van der Waals surface area contributed by atoms with Crippen LogP contribution in [0.1, 0.15) is 16.9 Å². The number of hydrogen-bond acceptors (Lipinski definition) is 9. The van der Waals surface area contributed by atoms with Crippen molar-refractivity contribution in [2.45, 2.75) is 12.5 Å². The highest BCUT2D eigenvalue weighted by Crippen LogP contribution is 2.30. The van der Waals surface area contributed by atoms with Crippen molar-refractivity contribution in [1.29, 1.82) is 0 Å². The van der Waals surface area contributed by atoms with Crippen molar-refractivity contribution in [3.63, 3.8) is 0 Å². The SMILES string of the molecule is COC(=O)[C@@H]1CC2=CC(=O)C(=O)C=C2N1.COC(=O)c1cc2cc(O)c(O)cc2[nH]1. The molecule has 0 bridgehead atoms. The molecule has 2 heterocycles. The molecule has 2 aromatic rings. The van der Waals surface area contributed by atoms with Crippen LogP contribution in [0.15, 0.2) is 41.6 Å². The number of carbonyl (C=O) groups excluding carboxylic acids is 4. The van der Waals surface area contributed by atoms with Gasteiger partial charge in [-0.1, -0.05) is 0 Å². The van der Waals surface area contributed by atoms with E-state index in [0.29, 0.717) is 28.6 Å². The second-order valence-corrected chi connectivity index (χ2v) is 6.48. The highest BCUT2D eigenvalue weighted by Gasteiger charge is 2.33. The Morgan fingerprint density at radius 2 is 1.67 bits per heavy atom. The number of hydrogen-bond donors (Lipinski definition) is 4. The highest BCUT2D eigenvalue weighted by molar-refractivity contribution is 6.46. The summed E-state index contributed by atoms with van der Waals surface area (Å²) >= 11 is 0. The molecule has 1 saturated heterocycles. The van der Waals surface area contributed by atoms with E-state index in [1.54, 1.807) is 6.07 Å². The zero-order chi connectivity index (χ0) is 22.0. The van der Waals surface area contributed by atoms with Gasteiger partial charge < -0.3 is 30.0 Å². The predicted octanol–water partition coefficient (Wildman–Crippen LogP) is 0.849. The lowest BCUT2D eigenvalue weighted by molar-refractivity contribution is -0.142. The lowest BCUT2D eigenvalue weighted by Crippen LogP contribution is -2.31. The summed E-state index contributed by atoms with van der Waals surface area (Å²) in [5.41, 5.74) is 2.08. The van der Waals surface area contributed by atoms with Crippen molar-refractivity contribution in [2.75, 3.05) is 14.2 Å². The summed E-state index contributed by atoms with van der Waals surface area (Å²) in [6, 6.07) is 3.76. The van der Waals surface area contributed by atoms with E-state index in [9.17, 15) is 29.4 Å². The van der Waals surface area contributed by atoms with Crippen molar-refractivity contribution in [3.05, 3.63) is 47.3 Å². The van der Waals surface area contributed by atoms with E-state index >= 15 is 0 Å². The fraction of sp³-hybridized carbons (Fsp3) is 0.200. The lowest BCUT2D eigenvalue weighted by atomic mass is 10.0. The van der Waals surface area contributed by atoms with Crippen LogP contribution in [-0.2, 0) is 23.9 Å². The minimum Gasteiger partial charge on any atom is -0.504 e. The van der Waals surface area contributed by atoms with Gasteiger partial charge in [-0.05, 0) is 23.8 Å². The van der Waals surface area contributed by atoms with Crippen LogP contribution in [0.4, 0.5) is 0 Å². The number of aromatic nitrogens is 1. The molecule has 30 heavy (non-hydrogen) atoms. The number of phenols is 2. The van der Waals surface area contributed by atoms with Gasteiger partial charge in [0.2, 0.25) is 11.6 Å². The number of fused-ring (bicyclic) bond motifs is 2. The third kappa shape index (κ3) is 4.02. The first-order chi connectivity index (χ1) is 14.2. The van der Waals surface area contributed by atoms with Gasteiger partial charge in [-0.2, -0.15) is 0 Å². The molecule has 1 aromatic heterocycles. The van der Waals surface area contributed by atoms with Crippen molar-refractivity contribution in [1.82, 2.24) is 10.3 Å². The van der Waals surface area contributed by atoms with Gasteiger partial charge >= 0.3 is 11.9 Å². The summed E-state index contributed by atoms with van der Waals surface area (Å²) in [5, 5.41) is 21.9. The number of allylic oxidation sites excluding steroid dienone is 3. The molecule has 0 radical (unpaired) electrons. The average molecular weight is 414 g/mol. The molecular weight excluding hydrogens is 396 g/mol. The number of methoxy groups -OCH3 is 2. The Bertz CT molecular complexity index is 1050. The third-order valence-corrected chi connectivity index (χ3v) is 4.53. The molecule has 10 nitrogen and oxygen atoms in total.